The van der Waals surface area contributed by atoms with Crippen molar-refractivity contribution in [1.82, 2.24) is 15.6 Å². The molecule has 1 fully saturated rings. The zero-order chi connectivity index (χ0) is 20.6. The zero-order valence-electron chi connectivity index (χ0n) is 16.5. The minimum Gasteiger partial charge on any atom is -0.458 e. The lowest BCUT2D eigenvalue weighted by molar-refractivity contribution is -0.125. The summed E-state index contributed by atoms with van der Waals surface area (Å²) >= 11 is 1.28. The van der Waals surface area contributed by atoms with Gasteiger partial charge in [-0.05, 0) is 30.9 Å². The smallest absolute Gasteiger partial charge is 0.245 e. The summed E-state index contributed by atoms with van der Waals surface area (Å²) in [6.07, 6.45) is 6.32. The van der Waals surface area contributed by atoms with Crippen LogP contribution in [0, 0.1) is 5.92 Å². The van der Waals surface area contributed by atoms with Crippen LogP contribution in [0.5, 0.6) is 0 Å². The van der Waals surface area contributed by atoms with Gasteiger partial charge in [-0.25, -0.2) is 4.98 Å². The maximum absolute atomic E-state index is 12.1. The quantitative estimate of drug-likeness (QED) is 0.610. The van der Waals surface area contributed by atoms with E-state index in [1.165, 1.54) is 37.5 Å². The van der Waals surface area contributed by atoms with Crippen LogP contribution in [-0.4, -0.2) is 29.3 Å². The van der Waals surface area contributed by atoms with Crippen molar-refractivity contribution in [1.29, 1.82) is 0 Å². The molecule has 0 bridgehead atoms. The molecule has 0 saturated heterocycles. The van der Waals surface area contributed by atoms with Gasteiger partial charge in [-0.3, -0.25) is 14.4 Å². The molecular weight excluding hydrogens is 392 g/mol. The van der Waals surface area contributed by atoms with Gasteiger partial charge in [0.25, 0.3) is 0 Å². The molecule has 9 heteroatoms. The van der Waals surface area contributed by atoms with E-state index in [1.54, 1.807) is 17.5 Å². The minimum absolute atomic E-state index is 0.0674. The summed E-state index contributed by atoms with van der Waals surface area (Å²) in [6, 6.07) is 3.54. The number of nitrogens with one attached hydrogen (secondary N) is 3. The Balaban J connectivity index is 1.44. The van der Waals surface area contributed by atoms with Crippen molar-refractivity contribution in [3.8, 4) is 11.5 Å². The normalized spacial score (nSPS) is 14.4. The van der Waals surface area contributed by atoms with E-state index in [4.69, 9.17) is 4.42 Å². The number of aromatic nitrogens is 1. The maximum Gasteiger partial charge on any atom is 0.245 e. The van der Waals surface area contributed by atoms with E-state index in [9.17, 15) is 14.4 Å². The first-order chi connectivity index (χ1) is 14.0. The Morgan fingerprint density at radius 1 is 1.14 bits per heavy atom. The molecule has 2 heterocycles. The van der Waals surface area contributed by atoms with Crippen molar-refractivity contribution >= 4 is 34.2 Å². The molecule has 1 aliphatic rings. The Bertz CT molecular complexity index is 854. The fraction of sp³-hybridized carbons (Fsp3) is 0.500. The number of carbonyl (C=O) groups excluding carboxylic acids is 3. The molecule has 2 aromatic rings. The molecule has 0 aromatic carbocycles. The number of carbonyl (C=O) groups is 3. The van der Waals surface area contributed by atoms with Crippen LogP contribution in [0.1, 0.15) is 51.2 Å². The molecule has 0 aliphatic heterocycles. The number of rotatable bonds is 8. The molecule has 3 N–H and O–H groups in total. The van der Waals surface area contributed by atoms with Crippen molar-refractivity contribution in [3.63, 3.8) is 0 Å². The monoisotopic (exact) mass is 418 g/mol. The molecule has 1 saturated carbocycles. The second-order valence-electron chi connectivity index (χ2n) is 7.25. The highest BCUT2D eigenvalue weighted by Gasteiger charge is 2.17. The summed E-state index contributed by atoms with van der Waals surface area (Å²) in [7, 11) is 0. The first-order valence-corrected chi connectivity index (χ1v) is 10.7. The van der Waals surface area contributed by atoms with Crippen molar-refractivity contribution in [2.24, 2.45) is 5.92 Å². The Morgan fingerprint density at radius 3 is 2.69 bits per heavy atom. The predicted molar refractivity (Wildman–Crippen MR) is 110 cm³/mol. The Hall–Kier alpha value is -2.68. The third kappa shape index (κ3) is 6.70. The van der Waals surface area contributed by atoms with Crippen LogP contribution in [0.4, 0.5) is 5.13 Å². The molecule has 0 unspecified atom stereocenters. The Morgan fingerprint density at radius 2 is 1.93 bits per heavy atom. The van der Waals surface area contributed by atoms with E-state index >= 15 is 0 Å². The fourth-order valence-electron chi connectivity index (χ4n) is 3.33. The van der Waals surface area contributed by atoms with Gasteiger partial charge in [0.15, 0.2) is 10.9 Å². The van der Waals surface area contributed by atoms with Crippen LogP contribution in [0.25, 0.3) is 11.5 Å². The van der Waals surface area contributed by atoms with Gasteiger partial charge in [-0.1, -0.05) is 19.3 Å². The van der Waals surface area contributed by atoms with E-state index in [-0.39, 0.29) is 24.3 Å². The average Bonchev–Trinajstić information content (AvgIpc) is 3.35. The predicted octanol–water partition coefficient (Wildman–Crippen LogP) is 3.06. The standard InChI is InChI=1S/C20H26N4O4S/c1-13(25)21-10-15-7-8-17(28-15)16-12-29-20(23-16)24-19(27)11-22-18(26)9-14-5-3-2-4-6-14/h7-8,12,14H,2-6,9-11H2,1H3,(H,21,25)(H,22,26)(H,23,24,27). The van der Waals surface area contributed by atoms with Crippen LogP contribution in [0.2, 0.25) is 0 Å². The van der Waals surface area contributed by atoms with Crippen molar-refractivity contribution in [3.05, 3.63) is 23.3 Å². The molecule has 3 rings (SSSR count). The summed E-state index contributed by atoms with van der Waals surface area (Å²) in [5.74, 6) is 1.10. The Labute approximate surface area is 173 Å². The molecule has 0 atom stereocenters. The van der Waals surface area contributed by atoms with Crippen LogP contribution in [-0.2, 0) is 20.9 Å². The van der Waals surface area contributed by atoms with E-state index in [2.05, 4.69) is 20.9 Å². The number of thiazole rings is 1. The first-order valence-electron chi connectivity index (χ1n) is 9.85. The molecular formula is C20H26N4O4S. The van der Waals surface area contributed by atoms with Gasteiger partial charge >= 0.3 is 0 Å². The lowest BCUT2D eigenvalue weighted by atomic mass is 9.87. The summed E-state index contributed by atoms with van der Waals surface area (Å²) in [4.78, 5) is 39.4. The second kappa shape index (κ2) is 10.2. The van der Waals surface area contributed by atoms with Gasteiger partial charge in [0, 0.05) is 18.7 Å². The van der Waals surface area contributed by atoms with Gasteiger partial charge in [-0.2, -0.15) is 0 Å². The number of amides is 3. The third-order valence-corrected chi connectivity index (χ3v) is 5.58. The summed E-state index contributed by atoms with van der Waals surface area (Å²) < 4.78 is 5.65. The molecule has 1 aliphatic carbocycles. The van der Waals surface area contributed by atoms with Crippen LogP contribution in [0.15, 0.2) is 21.9 Å². The Kier molecular flexibility index (Phi) is 7.40. The topological polar surface area (TPSA) is 113 Å². The molecule has 3 amide bonds. The number of anilines is 1. The highest BCUT2D eigenvalue weighted by atomic mass is 32.1. The van der Waals surface area contributed by atoms with Crippen LogP contribution >= 0.6 is 11.3 Å². The lowest BCUT2D eigenvalue weighted by Crippen LogP contribution is -2.34. The second-order valence-corrected chi connectivity index (χ2v) is 8.10. The third-order valence-electron chi connectivity index (χ3n) is 4.82. The maximum atomic E-state index is 12.1. The van der Waals surface area contributed by atoms with Gasteiger partial charge in [0.2, 0.25) is 17.7 Å². The number of furan rings is 1. The largest absolute Gasteiger partial charge is 0.458 e. The SMILES string of the molecule is CC(=O)NCc1ccc(-c2csc(NC(=O)CNC(=O)CC3CCCCC3)n2)o1. The zero-order valence-corrected chi connectivity index (χ0v) is 17.3. The summed E-state index contributed by atoms with van der Waals surface area (Å²) in [5, 5.41) is 10.3. The minimum atomic E-state index is -0.311. The number of nitrogens with zero attached hydrogens (tertiary/aromatic N) is 1. The van der Waals surface area contributed by atoms with Crippen molar-refractivity contribution in [2.75, 3.05) is 11.9 Å². The summed E-state index contributed by atoms with van der Waals surface area (Å²) in [6.45, 7) is 1.68. The van der Waals surface area contributed by atoms with E-state index in [0.29, 0.717) is 41.2 Å². The molecule has 29 heavy (non-hydrogen) atoms. The molecule has 2 aromatic heterocycles. The summed E-state index contributed by atoms with van der Waals surface area (Å²) in [5.41, 5.74) is 0.598. The van der Waals surface area contributed by atoms with Crippen LogP contribution in [0.3, 0.4) is 0 Å². The number of hydrogen-bond acceptors (Lipinski definition) is 6. The van der Waals surface area contributed by atoms with Crippen LogP contribution < -0.4 is 16.0 Å². The molecule has 8 nitrogen and oxygen atoms in total. The number of hydrogen-bond donors (Lipinski definition) is 3. The first kappa shape index (κ1) is 21.0. The van der Waals surface area contributed by atoms with Gasteiger partial charge in [0.05, 0.1) is 13.1 Å². The van der Waals surface area contributed by atoms with Crippen molar-refractivity contribution in [2.45, 2.75) is 52.0 Å². The van der Waals surface area contributed by atoms with Crippen molar-refractivity contribution < 1.29 is 18.8 Å². The van der Waals surface area contributed by atoms with E-state index in [1.807, 2.05) is 0 Å². The van der Waals surface area contributed by atoms with Gasteiger partial charge in [-0.15, -0.1) is 11.3 Å². The van der Waals surface area contributed by atoms with Gasteiger partial charge < -0.3 is 20.4 Å². The van der Waals surface area contributed by atoms with Gasteiger partial charge in [0.1, 0.15) is 11.5 Å². The fourth-order valence-corrected chi connectivity index (χ4v) is 4.05. The highest BCUT2D eigenvalue weighted by molar-refractivity contribution is 7.14. The average molecular weight is 419 g/mol. The molecule has 156 valence electrons. The lowest BCUT2D eigenvalue weighted by Gasteiger charge is -2.20. The molecule has 0 spiro atoms. The highest BCUT2D eigenvalue weighted by Crippen LogP contribution is 2.27. The van der Waals surface area contributed by atoms with E-state index in [0.717, 1.165) is 12.8 Å². The van der Waals surface area contributed by atoms with E-state index < -0.39 is 0 Å². The molecule has 0 radical (unpaired) electrons.